The topological polar surface area (TPSA) is 127 Å². The number of carbonyl (C=O) groups excluding carboxylic acids is 1. The molecule has 9 nitrogen and oxygen atoms in total. The van der Waals surface area contributed by atoms with Gasteiger partial charge in [0.05, 0.1) is 18.7 Å². The smallest absolute Gasteiger partial charge is 0.350 e. The fourth-order valence-electron chi connectivity index (χ4n) is 2.69. The van der Waals surface area contributed by atoms with E-state index in [9.17, 15) is 19.1 Å². The lowest BCUT2D eigenvalue weighted by molar-refractivity contribution is -0.0491. The molecule has 3 rings (SSSR count). The second-order valence-corrected chi connectivity index (χ2v) is 5.88. The number of aryl methyl sites for hydroxylation is 1. The van der Waals surface area contributed by atoms with E-state index in [4.69, 9.17) is 9.84 Å². The van der Waals surface area contributed by atoms with Gasteiger partial charge in [-0.3, -0.25) is 9.36 Å². The van der Waals surface area contributed by atoms with E-state index in [1.165, 1.54) is 24.5 Å². The summed E-state index contributed by atoms with van der Waals surface area (Å²) in [6, 6.07) is 2.86. The predicted octanol–water partition coefficient (Wildman–Crippen LogP) is -0.644. The monoisotopic (exact) mass is 364 g/mol. The first-order valence-electron chi connectivity index (χ1n) is 7.90. The van der Waals surface area contributed by atoms with E-state index in [1.807, 2.05) is 0 Å². The number of Topliss-reactive ketones (excluding diaryl/α,β-unsaturated/α-hetero) is 1. The Morgan fingerprint density at radius 2 is 2.15 bits per heavy atom. The van der Waals surface area contributed by atoms with E-state index >= 15 is 0 Å². The molecule has 3 heterocycles. The Morgan fingerprint density at radius 1 is 1.38 bits per heavy atom. The Bertz CT molecular complexity index is 874. The zero-order chi connectivity index (χ0) is 18.8. The van der Waals surface area contributed by atoms with Gasteiger partial charge in [0.2, 0.25) is 0 Å². The van der Waals surface area contributed by atoms with Gasteiger partial charge in [-0.2, -0.15) is 4.98 Å². The summed E-state index contributed by atoms with van der Waals surface area (Å²) in [5.74, 6) is 0.111. The highest BCUT2D eigenvalue weighted by atomic mass is 19.1. The van der Waals surface area contributed by atoms with Gasteiger partial charge in [-0.1, -0.05) is 0 Å². The molecule has 0 unspecified atom stereocenters. The standard InChI is InChI=1S/C16H17FN4O5/c1-8-18-4-2-10(19-8)11(23)6-9-3-5-21(16(25)20-9)15-13(17)14(24)12(7-22)26-15/h2-5,12-15,22,24H,6-7H2,1H3/t12-,13-,14-,15-/m1/s1. The van der Waals surface area contributed by atoms with Crippen molar-refractivity contribution in [2.24, 2.45) is 0 Å². The number of rotatable bonds is 5. The number of ketones is 1. The molecule has 0 aliphatic carbocycles. The quantitative estimate of drug-likeness (QED) is 0.671. The second-order valence-electron chi connectivity index (χ2n) is 5.88. The Labute approximate surface area is 147 Å². The average Bonchev–Trinajstić information content (AvgIpc) is 2.90. The highest BCUT2D eigenvalue weighted by Gasteiger charge is 2.45. The van der Waals surface area contributed by atoms with Crippen LogP contribution in [-0.4, -0.2) is 60.5 Å². The van der Waals surface area contributed by atoms with Gasteiger partial charge in [-0.05, 0) is 19.1 Å². The van der Waals surface area contributed by atoms with Crippen LogP contribution in [0.4, 0.5) is 4.39 Å². The maximum absolute atomic E-state index is 14.1. The number of ether oxygens (including phenoxy) is 1. The van der Waals surface area contributed by atoms with Crippen LogP contribution in [0.15, 0.2) is 29.3 Å². The van der Waals surface area contributed by atoms with Crippen molar-refractivity contribution in [2.75, 3.05) is 6.61 Å². The zero-order valence-corrected chi connectivity index (χ0v) is 13.8. The average molecular weight is 364 g/mol. The van der Waals surface area contributed by atoms with Crippen molar-refractivity contribution in [1.29, 1.82) is 0 Å². The van der Waals surface area contributed by atoms with E-state index in [2.05, 4.69) is 15.0 Å². The Balaban J connectivity index is 1.78. The molecule has 2 aromatic heterocycles. The largest absolute Gasteiger partial charge is 0.394 e. The van der Waals surface area contributed by atoms with Crippen LogP contribution in [-0.2, 0) is 11.2 Å². The molecule has 26 heavy (non-hydrogen) atoms. The summed E-state index contributed by atoms with van der Waals surface area (Å²) in [7, 11) is 0. The molecule has 0 radical (unpaired) electrons. The molecule has 4 atom stereocenters. The number of halogens is 1. The highest BCUT2D eigenvalue weighted by Crippen LogP contribution is 2.30. The summed E-state index contributed by atoms with van der Waals surface area (Å²) in [4.78, 5) is 36.1. The third-order valence-electron chi connectivity index (χ3n) is 4.04. The Morgan fingerprint density at radius 3 is 2.77 bits per heavy atom. The maximum Gasteiger partial charge on any atom is 0.350 e. The number of aliphatic hydroxyl groups excluding tert-OH is 2. The molecular formula is C16H17FN4O5. The minimum Gasteiger partial charge on any atom is -0.394 e. The molecule has 2 N–H and O–H groups in total. The SMILES string of the molecule is Cc1nccc(C(=O)Cc2ccn([C@@H]3O[C@H](CO)[C@@H](O)[C@H]3F)c(=O)n2)n1. The fourth-order valence-corrected chi connectivity index (χ4v) is 2.69. The summed E-state index contributed by atoms with van der Waals surface area (Å²) < 4.78 is 20.2. The first-order valence-corrected chi connectivity index (χ1v) is 7.90. The van der Waals surface area contributed by atoms with Crippen LogP contribution in [0.25, 0.3) is 0 Å². The van der Waals surface area contributed by atoms with Crippen LogP contribution < -0.4 is 5.69 Å². The normalized spacial score (nSPS) is 25.4. The van der Waals surface area contributed by atoms with Crippen molar-refractivity contribution in [2.45, 2.75) is 38.0 Å². The van der Waals surface area contributed by atoms with Crippen molar-refractivity contribution < 1.29 is 24.1 Å². The molecule has 1 saturated heterocycles. The molecule has 10 heteroatoms. The third-order valence-corrected chi connectivity index (χ3v) is 4.04. The molecular weight excluding hydrogens is 347 g/mol. The molecule has 0 aromatic carbocycles. The number of nitrogens with zero attached hydrogens (tertiary/aromatic N) is 4. The zero-order valence-electron chi connectivity index (χ0n) is 13.8. The maximum atomic E-state index is 14.1. The van der Waals surface area contributed by atoms with Gasteiger partial charge in [-0.15, -0.1) is 0 Å². The van der Waals surface area contributed by atoms with Gasteiger partial charge < -0.3 is 14.9 Å². The molecule has 1 fully saturated rings. The van der Waals surface area contributed by atoms with E-state index in [0.29, 0.717) is 5.82 Å². The lowest BCUT2D eigenvalue weighted by Crippen LogP contribution is -2.33. The van der Waals surface area contributed by atoms with Crippen molar-refractivity contribution >= 4 is 5.78 Å². The Hall–Kier alpha value is -2.56. The van der Waals surface area contributed by atoms with Gasteiger partial charge in [-0.25, -0.2) is 19.2 Å². The van der Waals surface area contributed by atoms with E-state index < -0.39 is 36.9 Å². The van der Waals surface area contributed by atoms with Crippen LogP contribution >= 0.6 is 0 Å². The van der Waals surface area contributed by atoms with Crippen LogP contribution in [0, 0.1) is 6.92 Å². The van der Waals surface area contributed by atoms with E-state index in [1.54, 1.807) is 6.92 Å². The first kappa shape index (κ1) is 18.2. The summed E-state index contributed by atoms with van der Waals surface area (Å²) >= 11 is 0. The third kappa shape index (κ3) is 3.52. The number of hydrogen-bond acceptors (Lipinski definition) is 8. The molecule has 0 spiro atoms. The molecule has 1 aliphatic rings. The number of aromatic nitrogens is 4. The van der Waals surface area contributed by atoms with Gasteiger partial charge in [0.25, 0.3) is 0 Å². The van der Waals surface area contributed by atoms with Crippen LogP contribution in [0.1, 0.15) is 28.2 Å². The number of carbonyl (C=O) groups is 1. The second kappa shape index (κ2) is 7.36. The van der Waals surface area contributed by atoms with Crippen LogP contribution in [0.2, 0.25) is 0 Å². The lowest BCUT2D eigenvalue weighted by atomic mass is 10.1. The fraction of sp³-hybridized carbons (Fsp3) is 0.438. The van der Waals surface area contributed by atoms with Crippen molar-refractivity contribution in [3.63, 3.8) is 0 Å². The van der Waals surface area contributed by atoms with E-state index in [0.717, 1.165) is 4.57 Å². The summed E-state index contributed by atoms with van der Waals surface area (Å²) in [5, 5.41) is 18.7. The molecule has 0 saturated carbocycles. The van der Waals surface area contributed by atoms with Gasteiger partial charge in [0.1, 0.15) is 23.7 Å². The Kier molecular flexibility index (Phi) is 5.16. The molecule has 138 valence electrons. The molecule has 0 amide bonds. The first-order chi connectivity index (χ1) is 12.4. The van der Waals surface area contributed by atoms with Gasteiger partial charge >= 0.3 is 5.69 Å². The van der Waals surface area contributed by atoms with Crippen LogP contribution in [0.5, 0.6) is 0 Å². The summed E-state index contributed by atoms with van der Waals surface area (Å²) in [5.41, 5.74) is -0.423. The van der Waals surface area contributed by atoms with Crippen LogP contribution in [0.3, 0.4) is 0 Å². The van der Waals surface area contributed by atoms with Gasteiger partial charge in [0.15, 0.2) is 18.2 Å². The predicted molar refractivity (Wildman–Crippen MR) is 85.2 cm³/mol. The highest BCUT2D eigenvalue weighted by molar-refractivity contribution is 5.95. The molecule has 0 bridgehead atoms. The number of hydrogen-bond donors (Lipinski definition) is 2. The van der Waals surface area contributed by atoms with Crippen molar-refractivity contribution in [3.8, 4) is 0 Å². The molecule has 2 aromatic rings. The lowest BCUT2D eigenvalue weighted by Gasteiger charge is -2.15. The number of aliphatic hydroxyl groups is 2. The number of alkyl halides is 1. The summed E-state index contributed by atoms with van der Waals surface area (Å²) in [6.45, 7) is 1.07. The van der Waals surface area contributed by atoms with E-state index in [-0.39, 0.29) is 23.6 Å². The van der Waals surface area contributed by atoms with Gasteiger partial charge in [0, 0.05) is 12.4 Å². The minimum absolute atomic E-state index is 0.154. The van der Waals surface area contributed by atoms with Crippen molar-refractivity contribution in [3.05, 3.63) is 52.2 Å². The molecule has 1 aliphatic heterocycles. The van der Waals surface area contributed by atoms with Crippen molar-refractivity contribution in [1.82, 2.24) is 19.5 Å². The summed E-state index contributed by atoms with van der Waals surface area (Å²) in [6.07, 6.45) is -3.39. The minimum atomic E-state index is -1.89.